The molecule has 0 amide bonds. The van der Waals surface area contributed by atoms with Crippen LogP contribution < -0.4 is 5.32 Å². The van der Waals surface area contributed by atoms with Gasteiger partial charge in [0.05, 0.1) is 4.92 Å². The molecule has 0 aliphatic carbocycles. The molecule has 1 atom stereocenters. The third-order valence-corrected chi connectivity index (χ3v) is 5.68. The van der Waals surface area contributed by atoms with Crippen LogP contribution in [-0.2, 0) is 10.0 Å². The van der Waals surface area contributed by atoms with Crippen LogP contribution in [0.1, 0.15) is 26.7 Å². The smallest absolute Gasteiger partial charge is 0.291 e. The second-order valence-corrected chi connectivity index (χ2v) is 6.94. The summed E-state index contributed by atoms with van der Waals surface area (Å²) in [7, 11) is -3.83. The van der Waals surface area contributed by atoms with Crippen LogP contribution in [0.2, 0.25) is 0 Å². The number of hydrogen-bond acceptors (Lipinski definition) is 5. The maximum atomic E-state index is 12.6. The van der Waals surface area contributed by atoms with Gasteiger partial charge >= 0.3 is 0 Å². The Labute approximate surface area is 124 Å². The first-order valence-corrected chi connectivity index (χ1v) is 8.36. The molecule has 1 heterocycles. The van der Waals surface area contributed by atoms with Crippen molar-refractivity contribution in [3.05, 3.63) is 28.3 Å². The molecule has 1 saturated heterocycles. The summed E-state index contributed by atoms with van der Waals surface area (Å²) in [6.45, 7) is 4.70. The molecule has 1 unspecified atom stereocenters. The molecule has 116 valence electrons. The van der Waals surface area contributed by atoms with Crippen molar-refractivity contribution < 1.29 is 13.3 Å². The summed E-state index contributed by atoms with van der Waals surface area (Å²) < 4.78 is 26.6. The van der Waals surface area contributed by atoms with E-state index >= 15 is 0 Å². The van der Waals surface area contributed by atoms with Crippen LogP contribution in [0.4, 0.5) is 11.4 Å². The third-order valence-electron chi connectivity index (χ3n) is 3.62. The Hall–Kier alpha value is -1.67. The lowest BCUT2D eigenvalue weighted by atomic mass is 10.3. The Bertz CT molecular complexity index is 645. The molecule has 0 aromatic heterocycles. The predicted octanol–water partition coefficient (Wildman–Crippen LogP) is 2.20. The second-order valence-electron chi connectivity index (χ2n) is 5.08. The topological polar surface area (TPSA) is 92.6 Å². The summed E-state index contributed by atoms with van der Waals surface area (Å²) in [5, 5.41) is 14.2. The van der Waals surface area contributed by atoms with E-state index in [9.17, 15) is 18.5 Å². The van der Waals surface area contributed by atoms with Crippen molar-refractivity contribution in [2.75, 3.05) is 18.4 Å². The molecule has 1 aliphatic heterocycles. The number of nitro groups is 1. The van der Waals surface area contributed by atoms with E-state index in [0.717, 1.165) is 12.8 Å². The van der Waals surface area contributed by atoms with Crippen LogP contribution in [0.3, 0.4) is 0 Å². The van der Waals surface area contributed by atoms with Gasteiger partial charge in [0.2, 0.25) is 10.0 Å². The van der Waals surface area contributed by atoms with Crippen molar-refractivity contribution in [2.45, 2.75) is 37.6 Å². The van der Waals surface area contributed by atoms with Crippen molar-refractivity contribution in [3.8, 4) is 0 Å². The number of hydrogen-bond donors (Lipinski definition) is 1. The molecule has 7 nitrogen and oxygen atoms in total. The Morgan fingerprint density at radius 2 is 2.19 bits per heavy atom. The quantitative estimate of drug-likeness (QED) is 0.664. The van der Waals surface area contributed by atoms with Gasteiger partial charge in [0, 0.05) is 30.9 Å². The SMILES string of the molecule is CCNc1ccc(S(=O)(=O)N2CCCC2C)c([N+](=O)[O-])c1. The van der Waals surface area contributed by atoms with Crippen molar-refractivity contribution in [1.82, 2.24) is 4.31 Å². The van der Waals surface area contributed by atoms with Crippen LogP contribution in [0.5, 0.6) is 0 Å². The molecular formula is C13H19N3O4S. The van der Waals surface area contributed by atoms with Gasteiger partial charge in [-0.2, -0.15) is 4.31 Å². The second kappa shape index (κ2) is 5.98. The van der Waals surface area contributed by atoms with Crippen molar-refractivity contribution in [3.63, 3.8) is 0 Å². The summed E-state index contributed by atoms with van der Waals surface area (Å²) in [4.78, 5) is 10.3. The number of nitro benzene ring substituents is 1. The van der Waals surface area contributed by atoms with E-state index in [1.165, 1.54) is 16.4 Å². The van der Waals surface area contributed by atoms with E-state index in [2.05, 4.69) is 5.32 Å². The normalized spacial score (nSPS) is 19.6. The minimum atomic E-state index is -3.83. The van der Waals surface area contributed by atoms with Crippen molar-refractivity contribution >= 4 is 21.4 Å². The monoisotopic (exact) mass is 313 g/mol. The fraction of sp³-hybridized carbons (Fsp3) is 0.538. The Morgan fingerprint density at radius 3 is 2.71 bits per heavy atom. The highest BCUT2D eigenvalue weighted by molar-refractivity contribution is 7.89. The lowest BCUT2D eigenvalue weighted by Crippen LogP contribution is -2.34. The fourth-order valence-corrected chi connectivity index (χ4v) is 4.42. The van der Waals surface area contributed by atoms with Gasteiger partial charge in [-0.25, -0.2) is 8.42 Å². The molecule has 21 heavy (non-hydrogen) atoms. The summed E-state index contributed by atoms with van der Waals surface area (Å²) in [5.41, 5.74) is 0.158. The molecule has 0 radical (unpaired) electrons. The summed E-state index contributed by atoms with van der Waals surface area (Å²) in [6, 6.07) is 4.03. The average Bonchev–Trinajstić information content (AvgIpc) is 2.86. The Balaban J connectivity index is 2.49. The average molecular weight is 313 g/mol. The molecular weight excluding hydrogens is 294 g/mol. The highest BCUT2D eigenvalue weighted by atomic mass is 32.2. The van der Waals surface area contributed by atoms with E-state index in [4.69, 9.17) is 0 Å². The minimum Gasteiger partial charge on any atom is -0.385 e. The maximum absolute atomic E-state index is 12.6. The Kier molecular flexibility index (Phi) is 4.48. The molecule has 0 saturated carbocycles. The zero-order valence-corrected chi connectivity index (χ0v) is 12.9. The first-order chi connectivity index (χ1) is 9.87. The molecule has 1 aromatic rings. The molecule has 2 rings (SSSR count). The standard InChI is InChI=1S/C13H19N3O4S/c1-3-14-11-6-7-13(12(9-11)16(17)18)21(19,20)15-8-4-5-10(15)2/h6-7,9-10,14H,3-5,8H2,1-2H3. The number of rotatable bonds is 5. The molecule has 1 aliphatic rings. The maximum Gasteiger partial charge on any atom is 0.291 e. The number of nitrogens with zero attached hydrogens (tertiary/aromatic N) is 2. The van der Waals surface area contributed by atoms with E-state index in [0.29, 0.717) is 18.8 Å². The van der Waals surface area contributed by atoms with Gasteiger partial charge in [-0.3, -0.25) is 10.1 Å². The third kappa shape index (κ3) is 3.01. The van der Waals surface area contributed by atoms with Crippen LogP contribution in [0.15, 0.2) is 23.1 Å². The molecule has 8 heteroatoms. The zero-order chi connectivity index (χ0) is 15.6. The summed E-state index contributed by atoms with van der Waals surface area (Å²) in [5.74, 6) is 0. The van der Waals surface area contributed by atoms with Crippen molar-refractivity contribution in [2.24, 2.45) is 0 Å². The fourth-order valence-electron chi connectivity index (χ4n) is 2.58. The van der Waals surface area contributed by atoms with Gasteiger partial charge in [-0.05, 0) is 38.8 Å². The summed E-state index contributed by atoms with van der Waals surface area (Å²) >= 11 is 0. The number of anilines is 1. The van der Waals surface area contributed by atoms with Gasteiger partial charge < -0.3 is 5.32 Å². The minimum absolute atomic E-state index is 0.122. The highest BCUT2D eigenvalue weighted by Gasteiger charge is 2.36. The number of benzene rings is 1. The zero-order valence-electron chi connectivity index (χ0n) is 12.1. The lowest BCUT2D eigenvalue weighted by Gasteiger charge is -2.21. The van der Waals surface area contributed by atoms with E-state index in [1.54, 1.807) is 6.07 Å². The molecule has 1 fully saturated rings. The van der Waals surface area contributed by atoms with Crippen LogP contribution in [0.25, 0.3) is 0 Å². The number of nitrogens with one attached hydrogen (secondary N) is 1. The first-order valence-electron chi connectivity index (χ1n) is 6.92. The van der Waals surface area contributed by atoms with Crippen LogP contribution in [-0.4, -0.2) is 36.8 Å². The van der Waals surface area contributed by atoms with Gasteiger partial charge in [-0.15, -0.1) is 0 Å². The Morgan fingerprint density at radius 1 is 1.48 bits per heavy atom. The van der Waals surface area contributed by atoms with Gasteiger partial charge in [-0.1, -0.05) is 0 Å². The number of sulfonamides is 1. The van der Waals surface area contributed by atoms with Crippen LogP contribution in [0, 0.1) is 10.1 Å². The molecule has 1 aromatic carbocycles. The van der Waals surface area contributed by atoms with E-state index in [-0.39, 0.29) is 16.6 Å². The van der Waals surface area contributed by atoms with Gasteiger partial charge in [0.15, 0.2) is 4.90 Å². The lowest BCUT2D eigenvalue weighted by molar-refractivity contribution is -0.387. The summed E-state index contributed by atoms with van der Waals surface area (Å²) in [6.07, 6.45) is 1.56. The van der Waals surface area contributed by atoms with Gasteiger partial charge in [0.1, 0.15) is 0 Å². The highest BCUT2D eigenvalue weighted by Crippen LogP contribution is 2.32. The molecule has 0 bridgehead atoms. The first kappa shape index (κ1) is 15.7. The van der Waals surface area contributed by atoms with E-state index in [1.807, 2.05) is 13.8 Å². The molecule has 0 spiro atoms. The largest absolute Gasteiger partial charge is 0.385 e. The van der Waals surface area contributed by atoms with Crippen molar-refractivity contribution in [1.29, 1.82) is 0 Å². The van der Waals surface area contributed by atoms with Gasteiger partial charge in [0.25, 0.3) is 5.69 Å². The molecule has 1 N–H and O–H groups in total. The van der Waals surface area contributed by atoms with Crippen LogP contribution >= 0.6 is 0 Å². The van der Waals surface area contributed by atoms with E-state index < -0.39 is 14.9 Å². The predicted molar refractivity (Wildman–Crippen MR) is 79.8 cm³/mol.